The molecule has 0 radical (unpaired) electrons. The number of aromatic nitrogens is 1. The van der Waals surface area contributed by atoms with Gasteiger partial charge in [0.15, 0.2) is 0 Å². The minimum Gasteiger partial charge on any atom is -0.495 e. The molecule has 0 saturated heterocycles. The molecule has 1 heterocycles. The van der Waals surface area contributed by atoms with Crippen LogP contribution in [-0.4, -0.2) is 39.8 Å². The Morgan fingerprint density at radius 3 is 2.33 bits per heavy atom. The largest absolute Gasteiger partial charge is 0.495 e. The van der Waals surface area contributed by atoms with Crippen LogP contribution in [0.5, 0.6) is 11.5 Å². The number of fused-ring (bicyclic) bond motifs is 1. The lowest BCUT2D eigenvalue weighted by Crippen LogP contribution is -2.23. The molecular weight excluding hydrogens is 452 g/mol. The number of carbonyl (C=O) groups is 1. The van der Waals surface area contributed by atoms with Crippen molar-refractivity contribution in [3.05, 3.63) is 46.2 Å². The van der Waals surface area contributed by atoms with Crippen LogP contribution < -0.4 is 14.3 Å². The third-order valence-corrected chi connectivity index (χ3v) is 6.84. The molecule has 1 aromatic heterocycles. The molecule has 0 atom stereocenters. The highest BCUT2D eigenvalue weighted by Crippen LogP contribution is 2.35. The van der Waals surface area contributed by atoms with Gasteiger partial charge in [-0.15, -0.1) is 4.40 Å². The topological polar surface area (TPSA) is 96.2 Å². The molecule has 0 amide bonds. The molecule has 0 N–H and O–H groups in total. The summed E-state index contributed by atoms with van der Waals surface area (Å²) in [6, 6.07) is 9.04. The number of benzene rings is 2. The number of nitrogens with zero attached hydrogens (tertiary/aromatic N) is 2. The Morgan fingerprint density at radius 1 is 1.10 bits per heavy atom. The second-order valence-corrected chi connectivity index (χ2v) is 8.96. The van der Waals surface area contributed by atoms with Crippen LogP contribution in [0.1, 0.15) is 6.92 Å². The Kier molecular flexibility index (Phi) is 6.69. The summed E-state index contributed by atoms with van der Waals surface area (Å²) in [6.45, 7) is 1.64. The van der Waals surface area contributed by atoms with E-state index in [0.29, 0.717) is 26.7 Å². The zero-order valence-corrected chi connectivity index (χ0v) is 18.8. The van der Waals surface area contributed by atoms with Crippen LogP contribution in [0.4, 0.5) is 0 Å². The molecule has 160 valence electrons. The molecular formula is C19H19ClN2O6S2. The molecule has 0 fully saturated rings. The van der Waals surface area contributed by atoms with E-state index in [1.54, 1.807) is 19.1 Å². The molecule has 2 aromatic carbocycles. The van der Waals surface area contributed by atoms with E-state index in [1.165, 1.54) is 43.1 Å². The average molecular weight is 471 g/mol. The van der Waals surface area contributed by atoms with Gasteiger partial charge in [-0.1, -0.05) is 22.9 Å². The van der Waals surface area contributed by atoms with Gasteiger partial charge in [0.05, 0.1) is 25.7 Å². The fraction of sp³-hybridized carbons (Fsp3) is 0.263. The predicted molar refractivity (Wildman–Crippen MR) is 114 cm³/mol. The number of sulfonamides is 1. The number of esters is 1. The molecule has 0 unspecified atom stereocenters. The second kappa shape index (κ2) is 9.07. The molecule has 3 rings (SSSR count). The zero-order chi connectivity index (χ0) is 21.9. The van der Waals surface area contributed by atoms with Crippen molar-refractivity contribution in [3.63, 3.8) is 0 Å². The predicted octanol–water partition coefficient (Wildman–Crippen LogP) is 3.23. The van der Waals surface area contributed by atoms with Gasteiger partial charge >= 0.3 is 5.97 Å². The summed E-state index contributed by atoms with van der Waals surface area (Å²) >= 11 is 6.92. The molecule has 30 heavy (non-hydrogen) atoms. The van der Waals surface area contributed by atoms with E-state index in [1.807, 2.05) is 0 Å². The number of thiazole rings is 1. The van der Waals surface area contributed by atoms with Crippen molar-refractivity contribution in [3.8, 4) is 11.5 Å². The van der Waals surface area contributed by atoms with E-state index in [-0.39, 0.29) is 22.8 Å². The van der Waals surface area contributed by atoms with Gasteiger partial charge < -0.3 is 18.8 Å². The summed E-state index contributed by atoms with van der Waals surface area (Å²) in [7, 11) is -1.09. The highest BCUT2D eigenvalue weighted by molar-refractivity contribution is 7.90. The van der Waals surface area contributed by atoms with Gasteiger partial charge in [0.1, 0.15) is 28.3 Å². The first-order valence-corrected chi connectivity index (χ1v) is 11.4. The van der Waals surface area contributed by atoms with Crippen molar-refractivity contribution in [2.24, 2.45) is 4.40 Å². The summed E-state index contributed by atoms with van der Waals surface area (Å²) in [5, 5.41) is 0.405. The third-order valence-electron chi connectivity index (χ3n) is 4.09. The first-order chi connectivity index (χ1) is 14.3. The van der Waals surface area contributed by atoms with Gasteiger partial charge in [-0.2, -0.15) is 8.42 Å². The number of ether oxygens (including phenoxy) is 3. The van der Waals surface area contributed by atoms with Crippen molar-refractivity contribution in [1.29, 1.82) is 0 Å². The molecule has 3 aromatic rings. The van der Waals surface area contributed by atoms with Crippen LogP contribution >= 0.6 is 22.9 Å². The van der Waals surface area contributed by atoms with Crippen molar-refractivity contribution in [1.82, 2.24) is 4.57 Å². The lowest BCUT2D eigenvalue weighted by molar-refractivity contribution is -0.143. The number of rotatable bonds is 7. The molecule has 0 aliphatic rings. The van der Waals surface area contributed by atoms with Crippen molar-refractivity contribution in [2.75, 3.05) is 20.8 Å². The number of carbonyl (C=O) groups excluding carboxylic acids is 1. The fourth-order valence-corrected chi connectivity index (χ4v) is 5.24. The average Bonchev–Trinajstić information content (AvgIpc) is 3.05. The number of hydrogen-bond donors (Lipinski definition) is 0. The standard InChI is InChI=1S/C19H19ClN2O6S2/c1-4-28-16(23)11-22-17-14(26-2)9-10-15(27-3)18(17)29-19(22)21-30(24,25)13-7-5-12(20)6-8-13/h5-10H,4,11H2,1-3H3/b21-19-. The van der Waals surface area contributed by atoms with Crippen LogP contribution in [0.25, 0.3) is 10.2 Å². The highest BCUT2D eigenvalue weighted by atomic mass is 35.5. The van der Waals surface area contributed by atoms with E-state index < -0.39 is 16.0 Å². The van der Waals surface area contributed by atoms with E-state index in [0.717, 1.165) is 11.3 Å². The van der Waals surface area contributed by atoms with Gasteiger partial charge in [0.25, 0.3) is 10.0 Å². The molecule has 0 bridgehead atoms. The molecule has 8 nitrogen and oxygen atoms in total. The summed E-state index contributed by atoms with van der Waals surface area (Å²) in [4.78, 5) is 12.3. The smallest absolute Gasteiger partial charge is 0.326 e. The molecule has 0 aliphatic carbocycles. The Balaban J connectivity index is 2.30. The lowest BCUT2D eigenvalue weighted by Gasteiger charge is -2.10. The van der Waals surface area contributed by atoms with Crippen molar-refractivity contribution < 1.29 is 27.4 Å². The Labute approximate surface area is 182 Å². The molecule has 0 spiro atoms. The van der Waals surface area contributed by atoms with Crippen LogP contribution in [0.15, 0.2) is 45.7 Å². The normalized spacial score (nSPS) is 12.2. The quantitative estimate of drug-likeness (QED) is 0.492. The Hall–Kier alpha value is -2.56. The Morgan fingerprint density at radius 2 is 1.73 bits per heavy atom. The van der Waals surface area contributed by atoms with Crippen LogP contribution in [0.2, 0.25) is 5.02 Å². The second-order valence-electron chi connectivity index (χ2n) is 5.94. The molecule has 0 saturated carbocycles. The van der Waals surface area contributed by atoms with Gasteiger partial charge in [-0.25, -0.2) is 0 Å². The fourth-order valence-electron chi connectivity index (χ4n) is 2.77. The van der Waals surface area contributed by atoms with E-state index in [4.69, 9.17) is 25.8 Å². The Bertz CT molecular complexity index is 1250. The van der Waals surface area contributed by atoms with E-state index in [2.05, 4.69) is 4.40 Å². The summed E-state index contributed by atoms with van der Waals surface area (Å²) in [5.74, 6) is 0.405. The number of hydrogen-bond acceptors (Lipinski definition) is 7. The number of halogens is 1. The first kappa shape index (κ1) is 22.1. The highest BCUT2D eigenvalue weighted by Gasteiger charge is 2.20. The SMILES string of the molecule is CCOC(=O)Cn1/c(=N/S(=O)(=O)c2ccc(Cl)cc2)sc2c(OC)ccc(OC)c21. The van der Waals surface area contributed by atoms with Crippen molar-refractivity contribution in [2.45, 2.75) is 18.4 Å². The summed E-state index contributed by atoms with van der Waals surface area (Å²) in [6.07, 6.45) is 0. The summed E-state index contributed by atoms with van der Waals surface area (Å²) in [5.41, 5.74) is 0.486. The van der Waals surface area contributed by atoms with E-state index >= 15 is 0 Å². The van der Waals surface area contributed by atoms with E-state index in [9.17, 15) is 13.2 Å². The van der Waals surface area contributed by atoms with Crippen LogP contribution in [0.3, 0.4) is 0 Å². The van der Waals surface area contributed by atoms with Gasteiger partial charge in [-0.05, 0) is 43.3 Å². The maximum absolute atomic E-state index is 12.9. The van der Waals surface area contributed by atoms with Crippen LogP contribution in [-0.2, 0) is 26.1 Å². The minimum absolute atomic E-state index is 0.0222. The summed E-state index contributed by atoms with van der Waals surface area (Å²) < 4.78 is 47.6. The van der Waals surface area contributed by atoms with Crippen molar-refractivity contribution >= 4 is 49.1 Å². The lowest BCUT2D eigenvalue weighted by atomic mass is 10.3. The molecule has 0 aliphatic heterocycles. The van der Waals surface area contributed by atoms with Gasteiger partial charge in [-0.3, -0.25) is 4.79 Å². The minimum atomic E-state index is -4.07. The number of methoxy groups -OCH3 is 2. The monoisotopic (exact) mass is 470 g/mol. The molecule has 11 heteroatoms. The van der Waals surface area contributed by atoms with Gasteiger partial charge in [0.2, 0.25) is 4.80 Å². The zero-order valence-electron chi connectivity index (χ0n) is 16.4. The maximum atomic E-state index is 12.9. The third kappa shape index (κ3) is 4.45. The first-order valence-electron chi connectivity index (χ1n) is 8.77. The van der Waals surface area contributed by atoms with Crippen LogP contribution in [0, 0.1) is 0 Å². The maximum Gasteiger partial charge on any atom is 0.326 e. The van der Waals surface area contributed by atoms with Gasteiger partial charge in [0, 0.05) is 5.02 Å².